The number of amides is 1. The zero-order valence-electron chi connectivity index (χ0n) is 12.3. The second-order valence-corrected chi connectivity index (χ2v) is 4.88. The average Bonchev–Trinajstić information content (AvgIpc) is 2.55. The number of carbonyl (C=O) groups excluding carboxylic acids is 1. The zero-order valence-corrected chi connectivity index (χ0v) is 13.1. The molecule has 0 fully saturated rings. The molecule has 2 aromatic carbocycles. The van der Waals surface area contributed by atoms with E-state index in [1.54, 1.807) is 36.4 Å². The number of oxime groups is 1. The number of para-hydroxylation sites is 2. The maximum Gasteiger partial charge on any atom is 0.262 e. The summed E-state index contributed by atoms with van der Waals surface area (Å²) in [6.45, 7) is -0.203. The number of hydrogen-bond donors (Lipinski definition) is 2. The van der Waals surface area contributed by atoms with Crippen molar-refractivity contribution in [2.45, 2.75) is 0 Å². The number of nitrogens with zero attached hydrogens (tertiary/aromatic N) is 1. The van der Waals surface area contributed by atoms with E-state index in [2.05, 4.69) is 10.5 Å². The summed E-state index contributed by atoms with van der Waals surface area (Å²) in [5, 5.41) is 14.4. The lowest BCUT2D eigenvalue weighted by Crippen LogP contribution is -2.20. The van der Waals surface area contributed by atoms with E-state index in [9.17, 15) is 4.79 Å². The topological polar surface area (TPSA) is 80.2 Å². The number of rotatable bonds is 6. The van der Waals surface area contributed by atoms with Crippen LogP contribution in [0.3, 0.4) is 0 Å². The third-order valence-electron chi connectivity index (χ3n) is 2.90. The van der Waals surface area contributed by atoms with Gasteiger partial charge in [0, 0.05) is 0 Å². The monoisotopic (exact) mass is 334 g/mol. The van der Waals surface area contributed by atoms with Crippen molar-refractivity contribution in [3.05, 3.63) is 53.1 Å². The zero-order chi connectivity index (χ0) is 16.7. The largest absolute Gasteiger partial charge is 0.495 e. The Kier molecular flexibility index (Phi) is 5.82. The first kappa shape index (κ1) is 16.6. The van der Waals surface area contributed by atoms with E-state index in [1.807, 2.05) is 6.07 Å². The minimum absolute atomic E-state index is 0.203. The molecule has 2 N–H and O–H groups in total. The summed E-state index contributed by atoms with van der Waals surface area (Å²) in [6.07, 6.45) is 1.24. The first-order valence-corrected chi connectivity index (χ1v) is 7.04. The van der Waals surface area contributed by atoms with Gasteiger partial charge in [-0.15, -0.1) is 0 Å². The molecule has 0 radical (unpaired) electrons. The lowest BCUT2D eigenvalue weighted by atomic mass is 10.2. The normalized spacial score (nSPS) is 10.5. The van der Waals surface area contributed by atoms with Gasteiger partial charge in [0.1, 0.15) is 11.5 Å². The van der Waals surface area contributed by atoms with E-state index in [-0.39, 0.29) is 12.5 Å². The molecule has 0 saturated heterocycles. The molecule has 0 bridgehead atoms. The molecule has 6 nitrogen and oxygen atoms in total. The fraction of sp³-hybridized carbons (Fsp3) is 0.125. The molecule has 7 heteroatoms. The van der Waals surface area contributed by atoms with Crippen molar-refractivity contribution in [3.8, 4) is 11.5 Å². The lowest BCUT2D eigenvalue weighted by Gasteiger charge is -2.11. The number of halogens is 1. The van der Waals surface area contributed by atoms with Crippen LogP contribution in [0.1, 0.15) is 5.56 Å². The van der Waals surface area contributed by atoms with Gasteiger partial charge in [0.05, 0.1) is 24.0 Å². The Morgan fingerprint density at radius 2 is 2.09 bits per heavy atom. The Morgan fingerprint density at radius 3 is 2.78 bits per heavy atom. The lowest BCUT2D eigenvalue weighted by molar-refractivity contribution is -0.118. The van der Waals surface area contributed by atoms with E-state index < -0.39 is 0 Å². The number of benzene rings is 2. The molecule has 0 aromatic heterocycles. The highest BCUT2D eigenvalue weighted by Gasteiger charge is 2.09. The van der Waals surface area contributed by atoms with Gasteiger partial charge >= 0.3 is 0 Å². The first-order chi connectivity index (χ1) is 11.1. The number of nitrogens with one attached hydrogen (secondary N) is 1. The van der Waals surface area contributed by atoms with Gasteiger partial charge in [-0.3, -0.25) is 4.79 Å². The van der Waals surface area contributed by atoms with E-state index in [0.29, 0.717) is 27.8 Å². The van der Waals surface area contributed by atoms with Crippen LogP contribution in [0.2, 0.25) is 5.02 Å². The molecule has 2 aromatic rings. The summed E-state index contributed by atoms with van der Waals surface area (Å²) in [7, 11) is 1.53. The molecular weight excluding hydrogens is 320 g/mol. The molecule has 0 unspecified atom stereocenters. The summed E-state index contributed by atoms with van der Waals surface area (Å²) in [5.74, 6) is 0.579. The molecule has 2 rings (SSSR count). The van der Waals surface area contributed by atoms with Crippen LogP contribution >= 0.6 is 11.6 Å². The van der Waals surface area contributed by atoms with Crippen molar-refractivity contribution >= 4 is 29.4 Å². The Labute approximate surface area is 138 Å². The number of hydrogen-bond acceptors (Lipinski definition) is 5. The van der Waals surface area contributed by atoms with Crippen molar-refractivity contribution in [1.29, 1.82) is 0 Å². The van der Waals surface area contributed by atoms with Gasteiger partial charge in [-0.05, 0) is 35.9 Å². The number of ether oxygens (including phenoxy) is 2. The minimum Gasteiger partial charge on any atom is -0.495 e. The summed E-state index contributed by atoms with van der Waals surface area (Å²) >= 11 is 6.04. The number of carbonyl (C=O) groups is 1. The molecule has 0 atom stereocenters. The van der Waals surface area contributed by atoms with E-state index >= 15 is 0 Å². The van der Waals surface area contributed by atoms with Gasteiger partial charge in [-0.25, -0.2) is 0 Å². The predicted octanol–water partition coefficient (Wildman–Crippen LogP) is 3.17. The van der Waals surface area contributed by atoms with Crippen molar-refractivity contribution < 1.29 is 19.5 Å². The van der Waals surface area contributed by atoms with E-state index in [0.717, 1.165) is 0 Å². The molecule has 0 saturated carbocycles. The summed E-state index contributed by atoms with van der Waals surface area (Å²) in [4.78, 5) is 11.9. The van der Waals surface area contributed by atoms with Gasteiger partial charge in [-0.1, -0.05) is 28.9 Å². The second-order valence-electron chi connectivity index (χ2n) is 4.47. The number of anilines is 1. The van der Waals surface area contributed by atoms with Crippen LogP contribution in [0.4, 0.5) is 5.69 Å². The molecule has 0 aliphatic heterocycles. The Morgan fingerprint density at radius 1 is 1.30 bits per heavy atom. The van der Waals surface area contributed by atoms with Crippen LogP contribution in [0.5, 0.6) is 11.5 Å². The SMILES string of the molecule is COc1ccccc1NC(=O)COc1ccc(/C=N/O)cc1Cl. The molecule has 0 aliphatic rings. The highest BCUT2D eigenvalue weighted by atomic mass is 35.5. The molecule has 0 heterocycles. The van der Waals surface area contributed by atoms with Crippen LogP contribution < -0.4 is 14.8 Å². The predicted molar refractivity (Wildman–Crippen MR) is 88.0 cm³/mol. The average molecular weight is 335 g/mol. The summed E-state index contributed by atoms with van der Waals surface area (Å²) in [5.41, 5.74) is 1.17. The number of methoxy groups -OCH3 is 1. The highest BCUT2D eigenvalue weighted by molar-refractivity contribution is 6.32. The smallest absolute Gasteiger partial charge is 0.262 e. The third kappa shape index (κ3) is 4.62. The Balaban J connectivity index is 1.96. The van der Waals surface area contributed by atoms with E-state index in [1.165, 1.54) is 13.3 Å². The molecule has 0 aliphatic carbocycles. The standard InChI is InChI=1S/C16H15ClN2O4/c1-22-15-5-3-2-4-13(15)19-16(20)10-23-14-7-6-11(9-18-21)8-12(14)17/h2-9,21H,10H2,1H3,(H,19,20)/b18-9+. The van der Waals surface area contributed by atoms with Crippen molar-refractivity contribution in [2.24, 2.45) is 5.16 Å². The van der Waals surface area contributed by atoms with Gasteiger partial charge in [0.2, 0.25) is 0 Å². The van der Waals surface area contributed by atoms with Crippen molar-refractivity contribution in [2.75, 3.05) is 19.0 Å². The van der Waals surface area contributed by atoms with Crippen molar-refractivity contribution in [1.82, 2.24) is 0 Å². The quantitative estimate of drug-likeness (QED) is 0.483. The van der Waals surface area contributed by atoms with Gasteiger partial charge in [-0.2, -0.15) is 0 Å². The van der Waals surface area contributed by atoms with Crippen LogP contribution in [-0.2, 0) is 4.79 Å². The summed E-state index contributed by atoms with van der Waals surface area (Å²) in [6, 6.07) is 11.9. The first-order valence-electron chi connectivity index (χ1n) is 6.66. The van der Waals surface area contributed by atoms with Gasteiger partial charge < -0.3 is 20.0 Å². The molecule has 120 valence electrons. The Hall–Kier alpha value is -2.73. The maximum atomic E-state index is 11.9. The second kappa shape index (κ2) is 8.05. The van der Waals surface area contributed by atoms with Gasteiger partial charge in [0.25, 0.3) is 5.91 Å². The minimum atomic E-state index is -0.341. The van der Waals surface area contributed by atoms with E-state index in [4.69, 9.17) is 26.3 Å². The van der Waals surface area contributed by atoms with Crippen LogP contribution in [-0.4, -0.2) is 31.0 Å². The van der Waals surface area contributed by atoms with Crippen LogP contribution in [0.15, 0.2) is 47.6 Å². The fourth-order valence-electron chi connectivity index (χ4n) is 1.86. The van der Waals surface area contributed by atoms with Crippen LogP contribution in [0, 0.1) is 0 Å². The molecule has 0 spiro atoms. The fourth-order valence-corrected chi connectivity index (χ4v) is 2.10. The molecule has 1 amide bonds. The maximum absolute atomic E-state index is 11.9. The Bertz CT molecular complexity index is 719. The molecular formula is C16H15ClN2O4. The van der Waals surface area contributed by atoms with Gasteiger partial charge in [0.15, 0.2) is 6.61 Å². The highest BCUT2D eigenvalue weighted by Crippen LogP contribution is 2.25. The van der Waals surface area contributed by atoms with Crippen molar-refractivity contribution in [3.63, 3.8) is 0 Å². The van der Waals surface area contributed by atoms with Crippen LogP contribution in [0.25, 0.3) is 0 Å². The summed E-state index contributed by atoms with van der Waals surface area (Å²) < 4.78 is 10.5. The molecule has 23 heavy (non-hydrogen) atoms. The third-order valence-corrected chi connectivity index (χ3v) is 3.20.